The zero-order valence-corrected chi connectivity index (χ0v) is 14.2. The van der Waals surface area contributed by atoms with Gasteiger partial charge in [0.05, 0.1) is 5.69 Å². The van der Waals surface area contributed by atoms with Crippen molar-refractivity contribution < 1.29 is 23.4 Å². The molecule has 0 saturated carbocycles. The van der Waals surface area contributed by atoms with Crippen molar-refractivity contribution in [3.05, 3.63) is 75.2 Å². The highest BCUT2D eigenvalue weighted by atomic mass is 32.1. The summed E-state index contributed by atoms with van der Waals surface area (Å²) in [7, 11) is 0. The number of thiazole rings is 1. The molecule has 0 aliphatic heterocycles. The van der Waals surface area contributed by atoms with Gasteiger partial charge in [-0.05, 0) is 29.8 Å². The van der Waals surface area contributed by atoms with E-state index in [0.29, 0.717) is 11.4 Å². The highest BCUT2D eigenvalue weighted by Crippen LogP contribution is 2.24. The summed E-state index contributed by atoms with van der Waals surface area (Å²) in [6.07, 6.45) is 0.577. The molecule has 0 radical (unpaired) electrons. The largest absolute Gasteiger partial charge is 0.508 e. The Kier molecular flexibility index (Phi) is 5.13. The fourth-order valence-electron chi connectivity index (χ4n) is 2.33. The van der Waals surface area contributed by atoms with Crippen LogP contribution in [0.25, 0.3) is 0 Å². The molecule has 26 heavy (non-hydrogen) atoms. The second-order valence-corrected chi connectivity index (χ2v) is 6.41. The Hall–Kier alpha value is -3.00. The van der Waals surface area contributed by atoms with Crippen LogP contribution >= 0.6 is 11.3 Å². The predicted octanol–water partition coefficient (Wildman–Crippen LogP) is 3.40. The van der Waals surface area contributed by atoms with Gasteiger partial charge >= 0.3 is 0 Å². The summed E-state index contributed by atoms with van der Waals surface area (Å²) < 4.78 is 32.9. The van der Waals surface area contributed by atoms with E-state index in [0.717, 1.165) is 23.4 Å². The van der Waals surface area contributed by atoms with E-state index in [2.05, 4.69) is 4.98 Å². The van der Waals surface area contributed by atoms with Crippen molar-refractivity contribution in [1.29, 1.82) is 0 Å². The number of phenolic OH excluding ortho intramolecular Hbond substituents is 1. The molecule has 134 valence electrons. The van der Waals surface area contributed by atoms with Crippen LogP contribution in [0.2, 0.25) is 0 Å². The van der Waals surface area contributed by atoms with E-state index in [1.807, 2.05) is 5.38 Å². The van der Waals surface area contributed by atoms with Gasteiger partial charge in [0.1, 0.15) is 28.7 Å². The van der Waals surface area contributed by atoms with Crippen LogP contribution in [-0.4, -0.2) is 16.0 Å². The van der Waals surface area contributed by atoms with E-state index in [-0.39, 0.29) is 18.1 Å². The van der Waals surface area contributed by atoms with Gasteiger partial charge in [0.15, 0.2) is 11.6 Å². The third-order valence-electron chi connectivity index (χ3n) is 3.57. The first kappa shape index (κ1) is 17.8. The highest BCUT2D eigenvalue weighted by Gasteiger charge is 2.19. The van der Waals surface area contributed by atoms with Gasteiger partial charge in [-0.25, -0.2) is 13.8 Å². The molecule has 5 nitrogen and oxygen atoms in total. The first-order chi connectivity index (χ1) is 12.4. The number of rotatable bonds is 6. The van der Waals surface area contributed by atoms with Crippen molar-refractivity contribution in [3.8, 4) is 11.5 Å². The van der Waals surface area contributed by atoms with Crippen LogP contribution in [0.5, 0.6) is 11.5 Å². The van der Waals surface area contributed by atoms with Crippen LogP contribution < -0.4 is 10.5 Å². The van der Waals surface area contributed by atoms with Crippen molar-refractivity contribution in [2.45, 2.75) is 13.0 Å². The molecule has 0 spiro atoms. The predicted molar refractivity (Wildman–Crippen MR) is 92.2 cm³/mol. The van der Waals surface area contributed by atoms with Crippen molar-refractivity contribution in [3.63, 3.8) is 0 Å². The lowest BCUT2D eigenvalue weighted by Gasteiger charge is -2.08. The number of hydrogen-bond acceptors (Lipinski definition) is 5. The normalized spacial score (nSPS) is 10.7. The Labute approximate surface area is 151 Å². The van der Waals surface area contributed by atoms with E-state index in [1.54, 1.807) is 24.3 Å². The molecule has 0 aliphatic carbocycles. The molecule has 0 fully saturated rings. The van der Waals surface area contributed by atoms with Crippen molar-refractivity contribution in [1.82, 2.24) is 4.98 Å². The first-order valence-corrected chi connectivity index (χ1v) is 8.44. The summed E-state index contributed by atoms with van der Waals surface area (Å²) in [5, 5.41) is 11.7. The Morgan fingerprint density at radius 2 is 1.92 bits per heavy atom. The van der Waals surface area contributed by atoms with Gasteiger partial charge in [-0.1, -0.05) is 12.1 Å². The number of carbonyl (C=O) groups is 1. The lowest BCUT2D eigenvalue weighted by molar-refractivity contribution is 0.0991. The van der Waals surface area contributed by atoms with Crippen LogP contribution in [-0.2, 0) is 13.0 Å². The molecule has 0 atom stereocenters. The molecule has 0 aliphatic rings. The molecule has 0 bridgehead atoms. The Morgan fingerprint density at radius 1 is 1.19 bits per heavy atom. The number of phenols is 1. The van der Waals surface area contributed by atoms with Gasteiger partial charge in [0, 0.05) is 11.8 Å². The number of aromatic hydroxyl groups is 1. The minimum Gasteiger partial charge on any atom is -0.508 e. The first-order valence-electron chi connectivity index (χ1n) is 7.56. The lowest BCUT2D eigenvalue weighted by Crippen LogP contribution is -2.16. The molecule has 1 heterocycles. The second kappa shape index (κ2) is 7.49. The minimum absolute atomic E-state index is 0.0268. The van der Waals surface area contributed by atoms with E-state index in [4.69, 9.17) is 10.5 Å². The number of nitrogens with two attached hydrogens (primary N) is 1. The van der Waals surface area contributed by atoms with E-state index in [1.165, 1.54) is 11.3 Å². The summed E-state index contributed by atoms with van der Waals surface area (Å²) in [6.45, 7) is -0.0268. The van der Waals surface area contributed by atoms with E-state index >= 15 is 0 Å². The molecule has 0 saturated heterocycles. The lowest BCUT2D eigenvalue weighted by atomic mass is 10.1. The number of benzene rings is 2. The number of halogens is 2. The standard InChI is InChI=1S/C18H14F2N2O3S/c19-13-5-6-14(17(20)16(13)18(21)24)25-8-15-22-11(9-26-15)7-10-1-3-12(23)4-2-10/h1-6,9,23H,7-8H2,(H2,21,24). The molecular weight excluding hydrogens is 362 g/mol. The van der Waals surface area contributed by atoms with Crippen molar-refractivity contribution in [2.24, 2.45) is 5.73 Å². The van der Waals surface area contributed by atoms with Gasteiger partial charge in [-0.2, -0.15) is 0 Å². The summed E-state index contributed by atoms with van der Waals surface area (Å²) in [5.41, 5.74) is 5.94. The van der Waals surface area contributed by atoms with Gasteiger partial charge in [0.25, 0.3) is 5.91 Å². The molecule has 3 N–H and O–H groups in total. The fourth-order valence-corrected chi connectivity index (χ4v) is 3.03. The summed E-state index contributed by atoms with van der Waals surface area (Å²) in [5.74, 6) is -3.43. The molecule has 1 amide bonds. The van der Waals surface area contributed by atoms with Crippen LogP contribution in [0.3, 0.4) is 0 Å². The van der Waals surface area contributed by atoms with Crippen molar-refractivity contribution >= 4 is 17.2 Å². The maximum Gasteiger partial charge on any atom is 0.254 e. The van der Waals surface area contributed by atoms with Gasteiger partial charge < -0.3 is 15.6 Å². The molecule has 1 aromatic heterocycles. The third kappa shape index (κ3) is 3.97. The average molecular weight is 376 g/mol. The second-order valence-electron chi connectivity index (χ2n) is 5.46. The third-order valence-corrected chi connectivity index (χ3v) is 4.45. The molecule has 3 aromatic rings. The number of aromatic nitrogens is 1. The molecule has 2 aromatic carbocycles. The topological polar surface area (TPSA) is 85.4 Å². The number of primary amides is 1. The molecular formula is C18H14F2N2O3S. The number of amides is 1. The Morgan fingerprint density at radius 3 is 2.62 bits per heavy atom. The quantitative estimate of drug-likeness (QED) is 0.691. The van der Waals surface area contributed by atoms with E-state index in [9.17, 15) is 18.7 Å². The summed E-state index contributed by atoms with van der Waals surface area (Å²) in [6, 6.07) is 8.81. The monoisotopic (exact) mass is 376 g/mol. The Balaban J connectivity index is 1.68. The molecule has 3 rings (SSSR count). The van der Waals surface area contributed by atoms with Crippen LogP contribution in [0, 0.1) is 11.6 Å². The zero-order chi connectivity index (χ0) is 18.7. The molecule has 0 unspecified atom stereocenters. The Bertz CT molecular complexity index is 942. The van der Waals surface area contributed by atoms with Gasteiger partial charge in [-0.3, -0.25) is 4.79 Å². The zero-order valence-electron chi connectivity index (χ0n) is 13.4. The van der Waals surface area contributed by atoms with E-state index < -0.39 is 23.1 Å². The van der Waals surface area contributed by atoms with Crippen LogP contribution in [0.4, 0.5) is 8.78 Å². The van der Waals surface area contributed by atoms with Gasteiger partial charge in [0.2, 0.25) is 0 Å². The maximum absolute atomic E-state index is 14.1. The summed E-state index contributed by atoms with van der Waals surface area (Å²) in [4.78, 5) is 15.5. The minimum atomic E-state index is -1.20. The fraction of sp³-hybridized carbons (Fsp3) is 0.111. The summed E-state index contributed by atoms with van der Waals surface area (Å²) >= 11 is 1.34. The molecule has 8 heteroatoms. The number of nitrogens with zero attached hydrogens (tertiary/aromatic N) is 1. The van der Waals surface area contributed by atoms with Crippen LogP contribution in [0.15, 0.2) is 41.8 Å². The maximum atomic E-state index is 14.1. The average Bonchev–Trinajstić information content (AvgIpc) is 3.03. The number of hydrogen-bond donors (Lipinski definition) is 2. The SMILES string of the molecule is NC(=O)c1c(F)ccc(OCc2nc(Cc3ccc(O)cc3)cs2)c1F. The van der Waals surface area contributed by atoms with Crippen LogP contribution in [0.1, 0.15) is 26.6 Å². The highest BCUT2D eigenvalue weighted by molar-refractivity contribution is 7.09. The number of ether oxygens (including phenoxy) is 1. The van der Waals surface area contributed by atoms with Gasteiger partial charge in [-0.15, -0.1) is 11.3 Å². The van der Waals surface area contributed by atoms with Crippen molar-refractivity contribution in [2.75, 3.05) is 0 Å². The number of carbonyl (C=O) groups excluding carboxylic acids is 1. The smallest absolute Gasteiger partial charge is 0.254 e.